The van der Waals surface area contributed by atoms with Gasteiger partial charge < -0.3 is 18.9 Å². The van der Waals surface area contributed by atoms with Gasteiger partial charge in [-0.3, -0.25) is 14.4 Å². The Morgan fingerprint density at radius 1 is 0.943 bits per heavy atom. The standard InChI is InChI=1S/C25H24FNO7S/c1-31-21-5-4-6-22(25(21)33-3)34-20-9-7-16(26)11-15(20)12-17(28)13-23-27-18(14-35-23)19(29)8-10-24(30)32-2/h4-7,9,11,14H,8,10,12-13H2,1-3H3. The number of rotatable bonds is 12. The molecule has 0 saturated heterocycles. The van der Waals surface area contributed by atoms with Gasteiger partial charge in [-0.2, -0.15) is 0 Å². The molecule has 2 aromatic carbocycles. The number of ether oxygens (including phenoxy) is 4. The second-order valence-electron chi connectivity index (χ2n) is 7.36. The van der Waals surface area contributed by atoms with Crippen LogP contribution in [0.5, 0.6) is 23.0 Å². The molecule has 184 valence electrons. The molecule has 0 bridgehead atoms. The van der Waals surface area contributed by atoms with E-state index < -0.39 is 11.8 Å². The molecule has 0 saturated carbocycles. The van der Waals surface area contributed by atoms with Gasteiger partial charge in [0.25, 0.3) is 0 Å². The average molecular weight is 502 g/mol. The highest BCUT2D eigenvalue weighted by molar-refractivity contribution is 7.09. The topological polar surface area (TPSA) is 101 Å². The van der Waals surface area contributed by atoms with E-state index in [1.807, 2.05) is 0 Å². The summed E-state index contributed by atoms with van der Waals surface area (Å²) < 4.78 is 35.1. The van der Waals surface area contributed by atoms with Gasteiger partial charge in [0.1, 0.15) is 28.1 Å². The van der Waals surface area contributed by atoms with Crippen LogP contribution in [-0.4, -0.2) is 43.8 Å². The van der Waals surface area contributed by atoms with Crippen LogP contribution in [0.4, 0.5) is 4.39 Å². The van der Waals surface area contributed by atoms with Crippen LogP contribution in [0, 0.1) is 5.82 Å². The molecule has 0 spiro atoms. The maximum Gasteiger partial charge on any atom is 0.305 e. The number of carbonyl (C=O) groups is 3. The molecule has 0 unspecified atom stereocenters. The first-order valence-corrected chi connectivity index (χ1v) is 11.5. The van der Waals surface area contributed by atoms with Crippen LogP contribution >= 0.6 is 11.3 Å². The fourth-order valence-corrected chi connectivity index (χ4v) is 4.08. The van der Waals surface area contributed by atoms with E-state index in [9.17, 15) is 18.8 Å². The van der Waals surface area contributed by atoms with Crippen LogP contribution in [0.25, 0.3) is 0 Å². The van der Waals surface area contributed by atoms with Gasteiger partial charge in [0.05, 0.1) is 34.2 Å². The van der Waals surface area contributed by atoms with Gasteiger partial charge >= 0.3 is 5.97 Å². The quantitative estimate of drug-likeness (QED) is 0.263. The molecular formula is C25H24FNO7S. The molecule has 35 heavy (non-hydrogen) atoms. The number of thiazole rings is 1. The van der Waals surface area contributed by atoms with E-state index in [0.29, 0.717) is 33.6 Å². The lowest BCUT2D eigenvalue weighted by atomic mass is 10.1. The monoisotopic (exact) mass is 501 g/mol. The van der Waals surface area contributed by atoms with E-state index in [4.69, 9.17) is 14.2 Å². The highest BCUT2D eigenvalue weighted by atomic mass is 32.1. The van der Waals surface area contributed by atoms with Crippen LogP contribution in [0.2, 0.25) is 0 Å². The van der Waals surface area contributed by atoms with Crippen LogP contribution < -0.4 is 14.2 Å². The van der Waals surface area contributed by atoms with Gasteiger partial charge in [-0.1, -0.05) is 6.07 Å². The molecule has 0 N–H and O–H groups in total. The Bertz CT molecular complexity index is 1220. The molecule has 1 aromatic heterocycles. The predicted molar refractivity (Wildman–Crippen MR) is 126 cm³/mol. The van der Waals surface area contributed by atoms with Gasteiger partial charge in [-0.25, -0.2) is 9.37 Å². The van der Waals surface area contributed by atoms with Crippen molar-refractivity contribution in [1.29, 1.82) is 0 Å². The van der Waals surface area contributed by atoms with Crippen molar-refractivity contribution < 1.29 is 37.7 Å². The Hall–Kier alpha value is -3.79. The van der Waals surface area contributed by atoms with Gasteiger partial charge in [-0.15, -0.1) is 11.3 Å². The van der Waals surface area contributed by atoms with Gasteiger partial charge in [0.2, 0.25) is 5.75 Å². The average Bonchev–Trinajstić information content (AvgIpc) is 3.32. The van der Waals surface area contributed by atoms with Crippen molar-refractivity contribution in [2.75, 3.05) is 21.3 Å². The summed E-state index contributed by atoms with van der Waals surface area (Å²) in [6.07, 6.45) is -0.207. The first-order chi connectivity index (χ1) is 16.8. The zero-order valence-electron chi connectivity index (χ0n) is 19.5. The largest absolute Gasteiger partial charge is 0.493 e. The molecule has 3 rings (SSSR count). The molecule has 0 aliphatic carbocycles. The number of carbonyl (C=O) groups excluding carboxylic acids is 3. The van der Waals surface area contributed by atoms with Crippen LogP contribution in [0.3, 0.4) is 0 Å². The van der Waals surface area contributed by atoms with E-state index in [1.165, 1.54) is 50.9 Å². The number of benzene rings is 2. The smallest absolute Gasteiger partial charge is 0.305 e. The molecule has 0 radical (unpaired) electrons. The zero-order valence-corrected chi connectivity index (χ0v) is 20.3. The first kappa shape index (κ1) is 25.8. The van der Waals surface area contributed by atoms with Gasteiger partial charge in [0.15, 0.2) is 17.3 Å². The summed E-state index contributed by atoms with van der Waals surface area (Å²) in [6.45, 7) is 0. The van der Waals surface area contributed by atoms with E-state index in [2.05, 4.69) is 9.72 Å². The summed E-state index contributed by atoms with van der Waals surface area (Å²) in [5.74, 6) is -0.0611. The van der Waals surface area contributed by atoms with Crippen molar-refractivity contribution >= 4 is 28.9 Å². The third-order valence-corrected chi connectivity index (χ3v) is 5.82. The lowest BCUT2D eigenvalue weighted by Gasteiger charge is -2.15. The van der Waals surface area contributed by atoms with Crippen LogP contribution in [0.15, 0.2) is 41.8 Å². The number of aromatic nitrogens is 1. The lowest BCUT2D eigenvalue weighted by molar-refractivity contribution is -0.140. The lowest BCUT2D eigenvalue weighted by Crippen LogP contribution is -2.09. The number of hydrogen-bond donors (Lipinski definition) is 0. The highest BCUT2D eigenvalue weighted by Gasteiger charge is 2.18. The van der Waals surface area contributed by atoms with Crippen LogP contribution in [-0.2, 0) is 27.2 Å². The normalized spacial score (nSPS) is 10.5. The number of esters is 1. The minimum Gasteiger partial charge on any atom is -0.493 e. The molecule has 1 heterocycles. The fourth-order valence-electron chi connectivity index (χ4n) is 3.25. The Kier molecular flexibility index (Phi) is 8.91. The van der Waals surface area contributed by atoms with E-state index in [0.717, 1.165) is 0 Å². The second kappa shape index (κ2) is 12.1. The Morgan fingerprint density at radius 3 is 2.43 bits per heavy atom. The molecule has 0 aliphatic heterocycles. The Morgan fingerprint density at radius 2 is 1.71 bits per heavy atom. The molecule has 8 nitrogen and oxygen atoms in total. The second-order valence-corrected chi connectivity index (χ2v) is 8.31. The summed E-state index contributed by atoms with van der Waals surface area (Å²) in [7, 11) is 4.23. The maximum absolute atomic E-state index is 14.0. The number of hydrogen-bond acceptors (Lipinski definition) is 9. The molecule has 0 amide bonds. The SMILES string of the molecule is COC(=O)CCC(=O)c1csc(CC(=O)Cc2cc(F)ccc2Oc2cccc(OC)c2OC)n1. The predicted octanol–water partition coefficient (Wildman–Crippen LogP) is 4.58. The maximum atomic E-state index is 14.0. The molecule has 3 aromatic rings. The zero-order chi connectivity index (χ0) is 25.4. The number of ketones is 2. The van der Waals surface area contributed by atoms with Gasteiger partial charge in [0, 0.05) is 23.8 Å². The third kappa shape index (κ3) is 6.86. The molecular weight excluding hydrogens is 477 g/mol. The first-order valence-electron chi connectivity index (χ1n) is 10.6. The molecule has 10 heteroatoms. The Balaban J connectivity index is 1.71. The summed E-state index contributed by atoms with van der Waals surface area (Å²) in [5, 5.41) is 2.00. The van der Waals surface area contributed by atoms with Gasteiger partial charge in [-0.05, 0) is 30.3 Å². The molecule has 0 fully saturated rings. The van der Waals surface area contributed by atoms with Crippen LogP contribution in [0.1, 0.15) is 33.9 Å². The number of halogens is 1. The minimum atomic E-state index is -0.509. The van der Waals surface area contributed by atoms with E-state index in [1.54, 1.807) is 23.6 Å². The van der Waals surface area contributed by atoms with E-state index in [-0.39, 0.29) is 42.9 Å². The number of Topliss-reactive ketones (excluding diaryl/α,β-unsaturated/α-hetero) is 2. The number of nitrogens with zero attached hydrogens (tertiary/aromatic N) is 1. The summed E-state index contributed by atoms with van der Waals surface area (Å²) >= 11 is 1.17. The molecule has 0 atom stereocenters. The van der Waals surface area contributed by atoms with E-state index >= 15 is 0 Å². The van der Waals surface area contributed by atoms with Crippen molar-refractivity contribution in [2.24, 2.45) is 0 Å². The highest BCUT2D eigenvalue weighted by Crippen LogP contribution is 2.40. The van der Waals surface area contributed by atoms with Crippen molar-refractivity contribution in [1.82, 2.24) is 4.98 Å². The summed E-state index contributed by atoms with van der Waals surface area (Å²) in [6, 6.07) is 9.02. The Labute approximate surface area is 205 Å². The number of para-hydroxylation sites is 1. The van der Waals surface area contributed by atoms with Crippen molar-refractivity contribution in [3.63, 3.8) is 0 Å². The third-order valence-electron chi connectivity index (χ3n) is 4.97. The summed E-state index contributed by atoms with van der Waals surface area (Å²) in [4.78, 5) is 40.4. The molecule has 0 aliphatic rings. The number of methoxy groups -OCH3 is 3. The minimum absolute atomic E-state index is 0.0263. The van der Waals surface area contributed by atoms with Crippen molar-refractivity contribution in [2.45, 2.75) is 25.7 Å². The fraction of sp³-hybridized carbons (Fsp3) is 0.280. The van der Waals surface area contributed by atoms with Crippen molar-refractivity contribution in [3.8, 4) is 23.0 Å². The summed E-state index contributed by atoms with van der Waals surface area (Å²) in [5.41, 5.74) is 0.549. The van der Waals surface area contributed by atoms with Crippen molar-refractivity contribution in [3.05, 3.63) is 63.9 Å².